The standard InChI is InChI=1S/C17H21BF3NO.CH4/c1-22-8-2-3-15(22)17(18,23)14-7-6-12-5-4-11(9-13(12)14)10-16(19,20)21;/h4-5,9,14-15,23H,2-3,6-8,10H2,1H3;1H4. The van der Waals surface area contributed by atoms with Crippen LogP contribution in [0.2, 0.25) is 0 Å². The summed E-state index contributed by atoms with van der Waals surface area (Å²) < 4.78 is 37.9. The summed E-state index contributed by atoms with van der Waals surface area (Å²) in [6.07, 6.45) is -1.94. The number of alkyl halides is 3. The maximum atomic E-state index is 12.6. The van der Waals surface area contributed by atoms with Crippen LogP contribution in [0.3, 0.4) is 0 Å². The minimum absolute atomic E-state index is 0. The topological polar surface area (TPSA) is 23.5 Å². The van der Waals surface area contributed by atoms with E-state index in [1.54, 1.807) is 12.1 Å². The second-order valence-electron chi connectivity index (χ2n) is 6.94. The minimum atomic E-state index is -4.23. The maximum Gasteiger partial charge on any atom is 0.393 e. The van der Waals surface area contributed by atoms with Gasteiger partial charge in [-0.3, -0.25) is 0 Å². The van der Waals surface area contributed by atoms with Gasteiger partial charge in [-0.1, -0.05) is 25.6 Å². The number of benzene rings is 1. The number of aliphatic hydroxyl groups is 1. The Kier molecular flexibility index (Phi) is 5.41. The Balaban J connectivity index is 0.00000208. The van der Waals surface area contributed by atoms with E-state index in [9.17, 15) is 18.3 Å². The fraction of sp³-hybridized carbons (Fsp3) is 0.667. The van der Waals surface area contributed by atoms with Crippen molar-refractivity contribution in [2.45, 2.75) is 63.2 Å². The van der Waals surface area contributed by atoms with Crippen LogP contribution >= 0.6 is 0 Å². The van der Waals surface area contributed by atoms with Gasteiger partial charge in [0.15, 0.2) is 0 Å². The highest BCUT2D eigenvalue weighted by Crippen LogP contribution is 2.44. The summed E-state index contributed by atoms with van der Waals surface area (Å²) in [5.41, 5.74) is 0.620. The third-order valence-electron chi connectivity index (χ3n) is 5.31. The van der Waals surface area contributed by atoms with Crippen molar-refractivity contribution >= 4 is 7.85 Å². The second kappa shape index (κ2) is 6.72. The lowest BCUT2D eigenvalue weighted by molar-refractivity contribution is -0.127. The monoisotopic (exact) mass is 339 g/mol. The molecule has 0 bridgehead atoms. The Morgan fingerprint density at radius 2 is 2.00 bits per heavy atom. The zero-order valence-corrected chi connectivity index (χ0v) is 13.2. The third-order valence-corrected chi connectivity index (χ3v) is 5.31. The number of halogens is 3. The van der Waals surface area contributed by atoms with E-state index < -0.39 is 18.1 Å². The predicted octanol–water partition coefficient (Wildman–Crippen LogP) is 3.41. The molecule has 1 heterocycles. The Labute approximate surface area is 143 Å². The lowest BCUT2D eigenvalue weighted by Crippen LogP contribution is -2.52. The van der Waals surface area contributed by atoms with Gasteiger partial charge in [-0.05, 0) is 56.0 Å². The van der Waals surface area contributed by atoms with Crippen molar-refractivity contribution in [1.82, 2.24) is 4.90 Å². The second-order valence-corrected chi connectivity index (χ2v) is 6.94. The first-order chi connectivity index (χ1) is 10.7. The summed E-state index contributed by atoms with van der Waals surface area (Å²) in [7, 11) is 8.24. The first-order valence-electron chi connectivity index (χ1n) is 8.08. The minimum Gasteiger partial charge on any atom is -0.398 e. The lowest BCUT2D eigenvalue weighted by Gasteiger charge is -2.40. The van der Waals surface area contributed by atoms with Gasteiger partial charge < -0.3 is 10.0 Å². The number of nitrogens with zero attached hydrogens (tertiary/aromatic N) is 1. The van der Waals surface area contributed by atoms with Crippen LogP contribution in [0.25, 0.3) is 0 Å². The van der Waals surface area contributed by atoms with Gasteiger partial charge in [-0.2, -0.15) is 13.2 Å². The molecule has 0 aromatic heterocycles. The van der Waals surface area contributed by atoms with E-state index in [2.05, 4.69) is 4.90 Å². The molecule has 2 aliphatic rings. The van der Waals surface area contributed by atoms with Gasteiger partial charge in [-0.15, -0.1) is 0 Å². The summed E-state index contributed by atoms with van der Waals surface area (Å²) in [5.74, 6) is -0.309. The van der Waals surface area contributed by atoms with E-state index >= 15 is 0 Å². The average molecular weight is 339 g/mol. The number of hydrogen-bond donors (Lipinski definition) is 1. The maximum absolute atomic E-state index is 12.6. The van der Waals surface area contributed by atoms with Crippen molar-refractivity contribution < 1.29 is 18.3 Å². The van der Waals surface area contributed by atoms with E-state index in [0.717, 1.165) is 36.9 Å². The molecule has 0 spiro atoms. The molecule has 0 saturated carbocycles. The van der Waals surface area contributed by atoms with E-state index in [1.807, 2.05) is 7.05 Å². The molecular weight excluding hydrogens is 314 g/mol. The van der Waals surface area contributed by atoms with Crippen molar-refractivity contribution in [2.24, 2.45) is 0 Å². The zero-order chi connectivity index (χ0) is 16.8. The molecule has 0 amide bonds. The highest BCUT2D eigenvalue weighted by Gasteiger charge is 2.45. The van der Waals surface area contributed by atoms with E-state index in [4.69, 9.17) is 7.85 Å². The van der Waals surface area contributed by atoms with Crippen LogP contribution in [-0.2, 0) is 12.8 Å². The predicted molar refractivity (Wildman–Crippen MR) is 90.3 cm³/mol. The van der Waals surface area contributed by atoms with Crippen LogP contribution in [0, 0.1) is 0 Å². The van der Waals surface area contributed by atoms with Crippen LogP contribution in [0.1, 0.15) is 49.3 Å². The normalized spacial score (nSPS) is 26.7. The molecule has 1 aromatic rings. The van der Waals surface area contributed by atoms with Crippen molar-refractivity contribution in [3.05, 3.63) is 34.9 Å². The van der Waals surface area contributed by atoms with Gasteiger partial charge in [0.25, 0.3) is 0 Å². The number of fused-ring (bicyclic) bond motifs is 1. The number of hydrogen-bond acceptors (Lipinski definition) is 2. The molecule has 3 unspecified atom stereocenters. The molecule has 2 radical (unpaired) electrons. The van der Waals surface area contributed by atoms with E-state index in [-0.39, 0.29) is 24.9 Å². The SMILES string of the molecule is C.[B]C(O)(C1CCc2ccc(CC(F)(F)F)cc21)C1CCCN1C. The molecule has 1 saturated heterocycles. The Bertz CT molecular complexity index is 588. The van der Waals surface area contributed by atoms with Crippen LogP contribution in [0.4, 0.5) is 13.2 Å². The number of likely N-dealkylation sites (N-methyl/N-ethyl adjacent to an activating group) is 1. The molecule has 1 aromatic carbocycles. The number of likely N-dealkylation sites (tertiary alicyclic amines) is 1. The molecule has 2 nitrogen and oxygen atoms in total. The van der Waals surface area contributed by atoms with Crippen LogP contribution in [-0.4, -0.2) is 49.2 Å². The van der Waals surface area contributed by atoms with Gasteiger partial charge in [0.2, 0.25) is 0 Å². The first-order valence-corrected chi connectivity index (χ1v) is 8.08. The molecule has 24 heavy (non-hydrogen) atoms. The summed E-state index contributed by atoms with van der Waals surface area (Å²) in [5, 5.41) is 11.0. The van der Waals surface area contributed by atoms with Gasteiger partial charge >= 0.3 is 6.18 Å². The largest absolute Gasteiger partial charge is 0.398 e. The smallest absolute Gasteiger partial charge is 0.393 e. The van der Waals surface area contributed by atoms with Crippen molar-refractivity contribution in [3.8, 4) is 0 Å². The molecule has 1 aliphatic heterocycles. The highest BCUT2D eigenvalue weighted by molar-refractivity contribution is 6.15. The van der Waals surface area contributed by atoms with Crippen molar-refractivity contribution in [1.29, 1.82) is 0 Å². The van der Waals surface area contributed by atoms with Crippen LogP contribution in [0.5, 0.6) is 0 Å². The van der Waals surface area contributed by atoms with E-state index in [1.165, 1.54) is 6.07 Å². The summed E-state index contributed by atoms with van der Waals surface area (Å²) in [6, 6.07) is 4.73. The summed E-state index contributed by atoms with van der Waals surface area (Å²) in [4.78, 5) is 2.05. The van der Waals surface area contributed by atoms with Gasteiger partial charge in [0.05, 0.1) is 6.42 Å². The Morgan fingerprint density at radius 3 is 2.58 bits per heavy atom. The molecule has 1 fully saturated rings. The molecule has 3 rings (SSSR count). The quantitative estimate of drug-likeness (QED) is 0.853. The fourth-order valence-electron chi connectivity index (χ4n) is 4.20. The Hall–Kier alpha value is -1.01. The lowest BCUT2D eigenvalue weighted by atomic mass is 9.64. The first kappa shape index (κ1) is 19.3. The molecule has 1 N–H and O–H groups in total. The van der Waals surface area contributed by atoms with Gasteiger partial charge in [0, 0.05) is 17.5 Å². The summed E-state index contributed by atoms with van der Waals surface area (Å²) in [6.45, 7) is 0.887. The van der Waals surface area contributed by atoms with Crippen molar-refractivity contribution in [3.63, 3.8) is 0 Å². The van der Waals surface area contributed by atoms with Gasteiger partial charge in [-0.25, -0.2) is 0 Å². The molecule has 132 valence electrons. The molecular formula is C18H25BF3NO. The number of rotatable bonds is 3. The van der Waals surface area contributed by atoms with Crippen LogP contribution < -0.4 is 0 Å². The van der Waals surface area contributed by atoms with Crippen molar-refractivity contribution in [2.75, 3.05) is 13.6 Å². The zero-order valence-electron chi connectivity index (χ0n) is 13.2. The number of aryl methyl sites for hydroxylation is 1. The third kappa shape index (κ3) is 3.64. The molecule has 3 atom stereocenters. The van der Waals surface area contributed by atoms with Crippen LogP contribution in [0.15, 0.2) is 18.2 Å². The summed E-state index contributed by atoms with van der Waals surface area (Å²) >= 11 is 0. The average Bonchev–Trinajstić information content (AvgIpc) is 3.02. The highest BCUT2D eigenvalue weighted by atomic mass is 19.4. The Morgan fingerprint density at radius 1 is 1.29 bits per heavy atom. The van der Waals surface area contributed by atoms with E-state index in [0.29, 0.717) is 6.42 Å². The molecule has 1 aliphatic carbocycles. The fourth-order valence-corrected chi connectivity index (χ4v) is 4.20. The van der Waals surface area contributed by atoms with Gasteiger partial charge in [0.1, 0.15) is 7.85 Å². The molecule has 6 heteroatoms.